The van der Waals surface area contributed by atoms with Crippen molar-refractivity contribution in [2.24, 2.45) is 0 Å². The summed E-state index contributed by atoms with van der Waals surface area (Å²) in [4.78, 5) is 11.1. The highest BCUT2D eigenvalue weighted by molar-refractivity contribution is 5.90. The maximum atomic E-state index is 11.1. The van der Waals surface area contributed by atoms with Crippen LogP contribution in [0.1, 0.15) is 55.1 Å². The van der Waals surface area contributed by atoms with Gasteiger partial charge in [0.2, 0.25) is 0 Å². The highest BCUT2D eigenvalue weighted by Gasteiger charge is 2.27. The lowest BCUT2D eigenvalue weighted by Gasteiger charge is -2.28. The highest BCUT2D eigenvalue weighted by Crippen LogP contribution is 2.38. The van der Waals surface area contributed by atoms with Gasteiger partial charge in [-0.15, -0.1) is 0 Å². The first-order chi connectivity index (χ1) is 7.85. The van der Waals surface area contributed by atoms with Crippen LogP contribution in [0.5, 0.6) is 5.75 Å². The SMILES string of the molecule is CCC(C)(CC)c1cc(C(=O)O)c(C)cc1O. The molecule has 0 saturated carbocycles. The number of aromatic hydroxyl groups is 1. The number of aromatic carboxylic acids is 1. The average Bonchev–Trinajstić information content (AvgIpc) is 2.27. The molecule has 1 rings (SSSR count). The predicted octanol–water partition coefficient (Wildman–Crippen LogP) is 3.48. The Hall–Kier alpha value is -1.51. The number of carboxylic acids is 1. The summed E-state index contributed by atoms with van der Waals surface area (Å²) in [6.45, 7) is 7.83. The number of hydrogen-bond acceptors (Lipinski definition) is 2. The van der Waals surface area contributed by atoms with Gasteiger partial charge in [0.1, 0.15) is 5.75 Å². The van der Waals surface area contributed by atoms with E-state index in [0.717, 1.165) is 18.4 Å². The minimum absolute atomic E-state index is 0.179. The van der Waals surface area contributed by atoms with Crippen molar-refractivity contribution in [3.05, 3.63) is 28.8 Å². The van der Waals surface area contributed by atoms with Crippen LogP contribution >= 0.6 is 0 Å². The molecule has 0 aliphatic carbocycles. The van der Waals surface area contributed by atoms with Gasteiger partial charge >= 0.3 is 5.97 Å². The summed E-state index contributed by atoms with van der Waals surface area (Å²) in [6.07, 6.45) is 1.72. The van der Waals surface area contributed by atoms with E-state index in [1.807, 2.05) is 20.8 Å². The molecule has 0 aromatic heterocycles. The second-order valence-electron chi connectivity index (χ2n) is 4.76. The van der Waals surface area contributed by atoms with E-state index in [1.54, 1.807) is 19.1 Å². The molecule has 0 aliphatic rings. The van der Waals surface area contributed by atoms with E-state index < -0.39 is 5.97 Å². The van der Waals surface area contributed by atoms with Gasteiger partial charge in [-0.2, -0.15) is 0 Å². The maximum absolute atomic E-state index is 11.1. The Bertz CT molecular complexity index is 431. The van der Waals surface area contributed by atoms with Gasteiger partial charge in [-0.25, -0.2) is 4.79 Å². The quantitative estimate of drug-likeness (QED) is 0.841. The van der Waals surface area contributed by atoms with Crippen LogP contribution in [-0.2, 0) is 5.41 Å². The van der Waals surface area contributed by atoms with Crippen molar-refractivity contribution in [3.8, 4) is 5.75 Å². The molecule has 0 unspecified atom stereocenters. The number of carboxylic acid groups (broad SMARTS) is 1. The van der Waals surface area contributed by atoms with Crippen molar-refractivity contribution < 1.29 is 15.0 Å². The maximum Gasteiger partial charge on any atom is 0.335 e. The molecule has 3 nitrogen and oxygen atoms in total. The Kier molecular flexibility index (Phi) is 3.81. The third-order valence-corrected chi connectivity index (χ3v) is 3.78. The zero-order chi connectivity index (χ0) is 13.2. The van der Waals surface area contributed by atoms with Crippen LogP contribution in [0.4, 0.5) is 0 Å². The van der Waals surface area contributed by atoms with Crippen molar-refractivity contribution in [2.45, 2.75) is 46.0 Å². The van der Waals surface area contributed by atoms with Crippen molar-refractivity contribution in [3.63, 3.8) is 0 Å². The van der Waals surface area contributed by atoms with Gasteiger partial charge in [0, 0.05) is 5.56 Å². The van der Waals surface area contributed by atoms with Crippen molar-refractivity contribution >= 4 is 5.97 Å². The molecule has 1 aromatic rings. The van der Waals surface area contributed by atoms with E-state index >= 15 is 0 Å². The highest BCUT2D eigenvalue weighted by atomic mass is 16.4. The summed E-state index contributed by atoms with van der Waals surface area (Å²) >= 11 is 0. The van der Waals surface area contributed by atoms with E-state index in [9.17, 15) is 9.90 Å². The van der Waals surface area contributed by atoms with Gasteiger partial charge in [0.15, 0.2) is 0 Å². The predicted molar refractivity (Wildman–Crippen MR) is 67.7 cm³/mol. The fourth-order valence-corrected chi connectivity index (χ4v) is 2.04. The first-order valence-corrected chi connectivity index (χ1v) is 5.93. The molecule has 0 atom stereocenters. The van der Waals surface area contributed by atoms with E-state index in [2.05, 4.69) is 0 Å². The molecule has 0 heterocycles. The first-order valence-electron chi connectivity index (χ1n) is 5.93. The fourth-order valence-electron chi connectivity index (χ4n) is 2.04. The lowest BCUT2D eigenvalue weighted by molar-refractivity contribution is 0.0696. The Labute approximate surface area is 102 Å². The van der Waals surface area contributed by atoms with Gasteiger partial charge < -0.3 is 10.2 Å². The molecule has 94 valence electrons. The van der Waals surface area contributed by atoms with E-state index in [4.69, 9.17) is 5.11 Å². The van der Waals surface area contributed by atoms with Crippen LogP contribution in [0.15, 0.2) is 12.1 Å². The third-order valence-electron chi connectivity index (χ3n) is 3.78. The smallest absolute Gasteiger partial charge is 0.335 e. The van der Waals surface area contributed by atoms with Gasteiger partial charge in [0.25, 0.3) is 0 Å². The zero-order valence-corrected chi connectivity index (χ0v) is 10.9. The summed E-state index contributed by atoms with van der Waals surface area (Å²) in [5, 5.41) is 19.1. The van der Waals surface area contributed by atoms with Crippen LogP contribution in [0.3, 0.4) is 0 Å². The minimum Gasteiger partial charge on any atom is -0.508 e. The zero-order valence-electron chi connectivity index (χ0n) is 10.9. The van der Waals surface area contributed by atoms with Crippen LogP contribution in [0.2, 0.25) is 0 Å². The Morgan fingerprint density at radius 3 is 2.24 bits per heavy atom. The number of carbonyl (C=O) groups is 1. The van der Waals surface area contributed by atoms with Crippen LogP contribution in [-0.4, -0.2) is 16.2 Å². The third kappa shape index (κ3) is 2.43. The Morgan fingerprint density at radius 1 is 1.29 bits per heavy atom. The van der Waals surface area contributed by atoms with Crippen molar-refractivity contribution in [1.82, 2.24) is 0 Å². The minimum atomic E-state index is -0.946. The number of phenols is 1. The van der Waals surface area contributed by atoms with Gasteiger partial charge in [-0.05, 0) is 42.9 Å². The molecule has 2 N–H and O–H groups in total. The Morgan fingerprint density at radius 2 is 1.82 bits per heavy atom. The van der Waals surface area contributed by atoms with Crippen LogP contribution in [0, 0.1) is 6.92 Å². The molecular formula is C14H20O3. The first kappa shape index (κ1) is 13.6. The van der Waals surface area contributed by atoms with Gasteiger partial charge in [-0.3, -0.25) is 0 Å². The fraction of sp³-hybridized carbons (Fsp3) is 0.500. The normalized spacial score (nSPS) is 11.5. The summed E-state index contributed by atoms with van der Waals surface area (Å²) in [5.41, 5.74) is 1.41. The standard InChI is InChI=1S/C14H20O3/c1-5-14(4,6-2)11-8-10(13(16)17)9(3)7-12(11)15/h7-8,15H,5-6H2,1-4H3,(H,16,17). The van der Waals surface area contributed by atoms with E-state index in [1.165, 1.54) is 0 Å². The lowest BCUT2D eigenvalue weighted by Crippen LogP contribution is -2.20. The molecule has 0 amide bonds. The second-order valence-corrected chi connectivity index (χ2v) is 4.76. The number of phenolic OH excluding ortho intramolecular Hbond substituents is 1. The lowest BCUT2D eigenvalue weighted by atomic mass is 9.76. The van der Waals surface area contributed by atoms with E-state index in [-0.39, 0.29) is 16.7 Å². The van der Waals surface area contributed by atoms with Gasteiger partial charge in [-0.1, -0.05) is 20.8 Å². The molecule has 0 fully saturated rings. The molecule has 0 saturated heterocycles. The molecule has 0 radical (unpaired) electrons. The monoisotopic (exact) mass is 236 g/mol. The van der Waals surface area contributed by atoms with Crippen LogP contribution < -0.4 is 0 Å². The molecule has 1 aromatic carbocycles. The summed E-state index contributed by atoms with van der Waals surface area (Å²) in [5.74, 6) is -0.753. The molecule has 0 bridgehead atoms. The molecule has 3 heteroatoms. The summed E-state index contributed by atoms with van der Waals surface area (Å²) < 4.78 is 0. The molecule has 0 spiro atoms. The average molecular weight is 236 g/mol. The number of hydrogen-bond donors (Lipinski definition) is 2. The second kappa shape index (κ2) is 4.78. The Balaban J connectivity index is 3.44. The van der Waals surface area contributed by atoms with Crippen molar-refractivity contribution in [1.29, 1.82) is 0 Å². The van der Waals surface area contributed by atoms with Crippen molar-refractivity contribution in [2.75, 3.05) is 0 Å². The largest absolute Gasteiger partial charge is 0.508 e. The number of rotatable bonds is 4. The molecular weight excluding hydrogens is 216 g/mol. The number of benzene rings is 1. The van der Waals surface area contributed by atoms with Gasteiger partial charge in [0.05, 0.1) is 5.56 Å². The summed E-state index contributed by atoms with van der Waals surface area (Å²) in [6, 6.07) is 3.16. The summed E-state index contributed by atoms with van der Waals surface area (Å²) in [7, 11) is 0. The number of aryl methyl sites for hydroxylation is 1. The molecule has 17 heavy (non-hydrogen) atoms. The van der Waals surface area contributed by atoms with Crippen LogP contribution in [0.25, 0.3) is 0 Å². The van der Waals surface area contributed by atoms with E-state index in [0.29, 0.717) is 5.56 Å². The topological polar surface area (TPSA) is 57.5 Å². The molecule has 0 aliphatic heterocycles.